The van der Waals surface area contributed by atoms with Gasteiger partial charge in [0, 0.05) is 6.20 Å². The predicted molar refractivity (Wildman–Crippen MR) is 149 cm³/mol. The molecule has 0 amide bonds. The van der Waals surface area contributed by atoms with Crippen molar-refractivity contribution in [2.24, 2.45) is 0 Å². The van der Waals surface area contributed by atoms with Gasteiger partial charge in [-0.05, 0) is 82.1 Å². The Morgan fingerprint density at radius 1 is 0.949 bits per heavy atom. The van der Waals surface area contributed by atoms with Gasteiger partial charge in [-0.15, -0.1) is 0 Å². The molecule has 10 heteroatoms. The lowest BCUT2D eigenvalue weighted by atomic mass is 10.1. The van der Waals surface area contributed by atoms with Gasteiger partial charge in [0.25, 0.3) is 0 Å². The van der Waals surface area contributed by atoms with Crippen LogP contribution in [0.4, 0.5) is 5.82 Å². The number of sulfone groups is 1. The Bertz CT molecular complexity index is 1630. The molecule has 9 nitrogen and oxygen atoms in total. The van der Waals surface area contributed by atoms with Gasteiger partial charge in [0.05, 0.1) is 22.9 Å². The first-order chi connectivity index (χ1) is 18.4. The SMILES string of the molecule is Cc1cc(C)c(Oc2nc(-c3cccnc3OC(C)C)ccc2C(=O)CS(=O)(=O)c2cccc(N)n2)c(C)c1. The summed E-state index contributed by atoms with van der Waals surface area (Å²) >= 11 is 0. The fraction of sp³-hybridized carbons (Fsp3) is 0.241. The molecule has 1 aromatic carbocycles. The zero-order chi connectivity index (χ0) is 28.3. The number of nitrogens with two attached hydrogens (primary N) is 1. The number of pyridine rings is 3. The molecule has 39 heavy (non-hydrogen) atoms. The van der Waals surface area contributed by atoms with Gasteiger partial charge >= 0.3 is 0 Å². The Balaban J connectivity index is 1.80. The van der Waals surface area contributed by atoms with Crippen molar-refractivity contribution in [3.05, 3.63) is 83.0 Å². The van der Waals surface area contributed by atoms with E-state index in [1.165, 1.54) is 24.3 Å². The maximum absolute atomic E-state index is 13.4. The number of nitrogens with zero attached hydrogens (tertiary/aromatic N) is 3. The number of ether oxygens (including phenoxy) is 2. The lowest BCUT2D eigenvalue weighted by Crippen LogP contribution is -2.19. The van der Waals surface area contributed by atoms with Crippen LogP contribution in [0, 0.1) is 20.8 Å². The molecular formula is C29H30N4O5S. The second-order valence-electron chi connectivity index (χ2n) is 9.48. The number of hydrogen-bond donors (Lipinski definition) is 1. The molecule has 4 rings (SSSR count). The summed E-state index contributed by atoms with van der Waals surface area (Å²) in [6, 6.07) is 14.8. The molecule has 0 atom stereocenters. The topological polar surface area (TPSA) is 134 Å². The standard InChI is InChI=1S/C29H30N4O5S/c1-17(2)37-28-21(8-7-13-31-28)23-12-11-22(24(34)16-39(35,36)26-10-6-9-25(30)33-26)29(32-23)38-27-19(4)14-18(3)15-20(27)5/h6-15,17H,16H2,1-5H3,(H2,30,33). The number of Topliss-reactive ketones (excluding diaryl/α,β-unsaturated/α-hetero) is 1. The number of ketones is 1. The molecule has 2 N–H and O–H groups in total. The molecule has 0 spiro atoms. The zero-order valence-electron chi connectivity index (χ0n) is 22.4. The second kappa shape index (κ2) is 11.2. The number of benzene rings is 1. The van der Waals surface area contributed by atoms with Crippen LogP contribution in [0.3, 0.4) is 0 Å². The van der Waals surface area contributed by atoms with E-state index in [0.29, 0.717) is 22.9 Å². The van der Waals surface area contributed by atoms with Gasteiger partial charge in [-0.1, -0.05) is 23.8 Å². The number of nitrogen functional groups attached to an aromatic ring is 1. The lowest BCUT2D eigenvalue weighted by molar-refractivity contribution is 0.101. The highest BCUT2D eigenvalue weighted by molar-refractivity contribution is 7.92. The third-order valence-corrected chi connectivity index (χ3v) is 7.25. The molecule has 0 unspecified atom stereocenters. The van der Waals surface area contributed by atoms with Crippen LogP contribution in [0.15, 0.2) is 65.8 Å². The minimum Gasteiger partial charge on any atom is -0.474 e. The average molecular weight is 547 g/mol. The summed E-state index contributed by atoms with van der Waals surface area (Å²) in [5, 5.41) is -0.279. The highest BCUT2D eigenvalue weighted by Crippen LogP contribution is 2.35. The highest BCUT2D eigenvalue weighted by atomic mass is 32.2. The number of aryl methyl sites for hydroxylation is 3. The van der Waals surface area contributed by atoms with Crippen molar-refractivity contribution in [2.45, 2.75) is 45.7 Å². The summed E-state index contributed by atoms with van der Waals surface area (Å²) in [5.41, 5.74) is 9.47. The summed E-state index contributed by atoms with van der Waals surface area (Å²) in [7, 11) is -4.08. The van der Waals surface area contributed by atoms with E-state index < -0.39 is 21.4 Å². The van der Waals surface area contributed by atoms with Crippen molar-refractivity contribution in [1.82, 2.24) is 15.0 Å². The quantitative estimate of drug-likeness (QED) is 0.278. The van der Waals surface area contributed by atoms with Crippen molar-refractivity contribution in [2.75, 3.05) is 11.5 Å². The van der Waals surface area contributed by atoms with Crippen LogP contribution in [0.2, 0.25) is 0 Å². The fourth-order valence-electron chi connectivity index (χ4n) is 4.14. The van der Waals surface area contributed by atoms with Gasteiger partial charge in [-0.3, -0.25) is 4.79 Å². The molecule has 0 bridgehead atoms. The first-order valence-corrected chi connectivity index (χ1v) is 14.0. The normalized spacial score (nSPS) is 11.4. The summed E-state index contributed by atoms with van der Waals surface area (Å²) in [5.74, 6) is -0.600. The summed E-state index contributed by atoms with van der Waals surface area (Å²) in [6.07, 6.45) is 1.49. The third-order valence-electron chi connectivity index (χ3n) is 5.74. The summed E-state index contributed by atoms with van der Waals surface area (Å²) < 4.78 is 38.1. The van der Waals surface area contributed by atoms with Crippen molar-refractivity contribution in [3.63, 3.8) is 0 Å². The Labute approximate surface area is 228 Å². The van der Waals surface area contributed by atoms with Crippen LogP contribution in [0.1, 0.15) is 40.9 Å². The Kier molecular flexibility index (Phi) is 7.96. The number of carbonyl (C=O) groups excluding carboxylic acids is 1. The maximum Gasteiger partial charge on any atom is 0.230 e. The second-order valence-corrected chi connectivity index (χ2v) is 11.4. The van der Waals surface area contributed by atoms with Crippen molar-refractivity contribution in [1.29, 1.82) is 0 Å². The van der Waals surface area contributed by atoms with Crippen LogP contribution < -0.4 is 15.2 Å². The minimum atomic E-state index is -4.08. The van der Waals surface area contributed by atoms with E-state index in [2.05, 4.69) is 15.0 Å². The average Bonchev–Trinajstić information content (AvgIpc) is 2.86. The van der Waals surface area contributed by atoms with Gasteiger partial charge < -0.3 is 15.2 Å². The monoisotopic (exact) mass is 546 g/mol. The van der Waals surface area contributed by atoms with Gasteiger partial charge in [0.2, 0.25) is 21.6 Å². The Morgan fingerprint density at radius 3 is 2.33 bits per heavy atom. The van der Waals surface area contributed by atoms with E-state index in [0.717, 1.165) is 16.7 Å². The molecule has 0 aliphatic rings. The highest BCUT2D eigenvalue weighted by Gasteiger charge is 2.26. The molecular weight excluding hydrogens is 516 g/mol. The third kappa shape index (κ3) is 6.40. The van der Waals surface area contributed by atoms with E-state index in [4.69, 9.17) is 15.2 Å². The zero-order valence-corrected chi connectivity index (χ0v) is 23.2. The van der Waals surface area contributed by atoms with Gasteiger partial charge in [-0.25, -0.2) is 23.4 Å². The molecule has 4 aromatic rings. The number of aromatic nitrogens is 3. The lowest BCUT2D eigenvalue weighted by Gasteiger charge is -2.17. The largest absolute Gasteiger partial charge is 0.474 e. The molecule has 0 aliphatic carbocycles. The van der Waals surface area contributed by atoms with E-state index in [9.17, 15) is 13.2 Å². The van der Waals surface area contributed by atoms with Crippen LogP contribution in [-0.2, 0) is 9.84 Å². The molecule has 0 saturated heterocycles. The van der Waals surface area contributed by atoms with Crippen LogP contribution >= 0.6 is 0 Å². The van der Waals surface area contributed by atoms with Crippen LogP contribution in [-0.4, -0.2) is 41.0 Å². The van der Waals surface area contributed by atoms with Gasteiger partial charge in [0.15, 0.2) is 10.8 Å². The first kappa shape index (κ1) is 27.7. The molecule has 0 fully saturated rings. The molecule has 3 heterocycles. The number of hydrogen-bond acceptors (Lipinski definition) is 9. The molecule has 0 radical (unpaired) electrons. The smallest absolute Gasteiger partial charge is 0.230 e. The van der Waals surface area contributed by atoms with Crippen molar-refractivity contribution >= 4 is 21.4 Å². The number of rotatable bonds is 9. The Hall–Kier alpha value is -4.31. The minimum absolute atomic E-state index is 0.0146. The van der Waals surface area contributed by atoms with Gasteiger partial charge in [0.1, 0.15) is 17.3 Å². The van der Waals surface area contributed by atoms with Crippen LogP contribution in [0.25, 0.3) is 11.3 Å². The van der Waals surface area contributed by atoms with Crippen LogP contribution in [0.5, 0.6) is 17.5 Å². The summed E-state index contributed by atoms with van der Waals surface area (Å²) in [4.78, 5) is 26.3. The molecule has 3 aromatic heterocycles. The fourth-order valence-corrected chi connectivity index (χ4v) is 5.32. The van der Waals surface area contributed by atoms with E-state index in [-0.39, 0.29) is 28.4 Å². The predicted octanol–water partition coefficient (Wildman–Crippen LogP) is 5.28. The van der Waals surface area contributed by atoms with E-state index >= 15 is 0 Å². The molecule has 202 valence electrons. The number of carbonyl (C=O) groups is 1. The van der Waals surface area contributed by atoms with Crippen molar-refractivity contribution in [3.8, 4) is 28.8 Å². The first-order valence-electron chi connectivity index (χ1n) is 12.3. The Morgan fingerprint density at radius 2 is 1.67 bits per heavy atom. The van der Waals surface area contributed by atoms with Gasteiger partial charge in [-0.2, -0.15) is 0 Å². The van der Waals surface area contributed by atoms with E-state index in [1.54, 1.807) is 24.4 Å². The summed E-state index contributed by atoms with van der Waals surface area (Å²) in [6.45, 7) is 9.55. The number of anilines is 1. The maximum atomic E-state index is 13.4. The van der Waals surface area contributed by atoms with Crippen molar-refractivity contribution < 1.29 is 22.7 Å². The molecule has 0 saturated carbocycles. The molecule has 0 aliphatic heterocycles. The van der Waals surface area contributed by atoms with E-state index in [1.807, 2.05) is 46.8 Å².